The summed E-state index contributed by atoms with van der Waals surface area (Å²) in [6, 6.07) is 7.90. The van der Waals surface area contributed by atoms with Crippen LogP contribution in [-0.2, 0) is 11.3 Å². The summed E-state index contributed by atoms with van der Waals surface area (Å²) in [5.74, 6) is 1.57. The van der Waals surface area contributed by atoms with E-state index in [1.807, 2.05) is 31.2 Å². The van der Waals surface area contributed by atoms with Crippen molar-refractivity contribution in [2.24, 2.45) is 5.92 Å². The second-order valence-electron chi connectivity index (χ2n) is 5.70. The van der Waals surface area contributed by atoms with Gasteiger partial charge in [0, 0.05) is 17.6 Å². The predicted molar refractivity (Wildman–Crippen MR) is 101 cm³/mol. The molecule has 2 rings (SSSR count). The maximum Gasteiger partial charge on any atom is 0.119 e. The Kier molecular flexibility index (Phi) is 9.92. The van der Waals surface area contributed by atoms with Gasteiger partial charge < -0.3 is 14.4 Å². The first-order valence-corrected chi connectivity index (χ1v) is 8.73. The fourth-order valence-corrected chi connectivity index (χ4v) is 2.84. The number of methoxy groups -OCH3 is 1. The van der Waals surface area contributed by atoms with E-state index >= 15 is 0 Å². The van der Waals surface area contributed by atoms with E-state index in [4.69, 9.17) is 9.47 Å². The van der Waals surface area contributed by atoms with E-state index in [0.717, 1.165) is 24.5 Å². The maximum absolute atomic E-state index is 5.26. The van der Waals surface area contributed by atoms with Crippen LogP contribution in [-0.4, -0.2) is 39.3 Å². The Morgan fingerprint density at radius 1 is 1.30 bits per heavy atom. The maximum atomic E-state index is 5.26. The van der Waals surface area contributed by atoms with Crippen LogP contribution in [0.25, 0.3) is 0 Å². The summed E-state index contributed by atoms with van der Waals surface area (Å²) in [6.45, 7) is 4.53. The molecule has 0 spiro atoms. The van der Waals surface area contributed by atoms with E-state index in [-0.39, 0.29) is 0 Å². The topological polar surface area (TPSA) is 21.7 Å². The van der Waals surface area contributed by atoms with Crippen molar-refractivity contribution in [1.29, 1.82) is 0 Å². The van der Waals surface area contributed by atoms with E-state index in [0.29, 0.717) is 12.5 Å². The Balaban J connectivity index is 0.000000231. The summed E-state index contributed by atoms with van der Waals surface area (Å²) >= 11 is 3.47. The highest BCUT2D eigenvalue weighted by atomic mass is 79.9. The molecule has 1 aliphatic rings. The van der Waals surface area contributed by atoms with Crippen LogP contribution in [0.15, 0.2) is 47.0 Å². The molecular weight excluding hydrogens is 354 g/mol. The Bertz CT molecular complexity index is 512. The second kappa shape index (κ2) is 11.4. The van der Waals surface area contributed by atoms with Crippen molar-refractivity contribution in [3.63, 3.8) is 0 Å². The lowest BCUT2D eigenvalue weighted by molar-refractivity contribution is 0.134. The van der Waals surface area contributed by atoms with Gasteiger partial charge >= 0.3 is 0 Å². The zero-order chi connectivity index (χ0) is 17.1. The molecule has 0 N–H and O–H groups in total. The first-order valence-electron chi connectivity index (χ1n) is 7.94. The third kappa shape index (κ3) is 8.94. The fraction of sp³-hybridized carbons (Fsp3) is 0.474. The molecule has 3 nitrogen and oxygen atoms in total. The minimum atomic E-state index is 0.660. The number of hydrogen-bond donors (Lipinski definition) is 0. The largest absolute Gasteiger partial charge is 0.497 e. The number of allylic oxidation sites excluding steroid dienone is 3. The van der Waals surface area contributed by atoms with E-state index in [1.54, 1.807) is 7.11 Å². The third-order valence-electron chi connectivity index (χ3n) is 3.32. The van der Waals surface area contributed by atoms with Crippen molar-refractivity contribution in [3.05, 3.63) is 52.5 Å². The smallest absolute Gasteiger partial charge is 0.119 e. The molecule has 23 heavy (non-hydrogen) atoms. The van der Waals surface area contributed by atoms with E-state index < -0.39 is 0 Å². The van der Waals surface area contributed by atoms with Gasteiger partial charge in [0.25, 0.3) is 0 Å². The van der Waals surface area contributed by atoms with Crippen LogP contribution in [0.4, 0.5) is 0 Å². The Morgan fingerprint density at radius 3 is 2.70 bits per heavy atom. The Morgan fingerprint density at radius 2 is 2.09 bits per heavy atom. The van der Waals surface area contributed by atoms with Crippen molar-refractivity contribution < 1.29 is 9.47 Å². The van der Waals surface area contributed by atoms with Crippen molar-refractivity contribution in [2.45, 2.75) is 20.0 Å². The van der Waals surface area contributed by atoms with Gasteiger partial charge in [0.1, 0.15) is 5.75 Å². The summed E-state index contributed by atoms with van der Waals surface area (Å²) in [4.78, 5) is 2.22. The number of benzene rings is 1. The number of ether oxygens (including phenoxy) is 2. The van der Waals surface area contributed by atoms with Crippen LogP contribution in [0, 0.1) is 5.92 Å². The number of nitrogens with zero attached hydrogens (tertiary/aromatic N) is 1. The summed E-state index contributed by atoms with van der Waals surface area (Å²) in [7, 11) is 5.89. The molecule has 0 saturated heterocycles. The van der Waals surface area contributed by atoms with E-state index in [2.05, 4.69) is 53.2 Å². The molecule has 0 bridgehead atoms. The molecule has 0 radical (unpaired) electrons. The molecule has 1 aromatic rings. The van der Waals surface area contributed by atoms with E-state index in [9.17, 15) is 0 Å². The van der Waals surface area contributed by atoms with Crippen LogP contribution in [0.5, 0.6) is 5.75 Å². The van der Waals surface area contributed by atoms with Crippen molar-refractivity contribution in [2.75, 3.05) is 34.4 Å². The fourth-order valence-electron chi connectivity index (χ4n) is 2.28. The standard InChI is InChI=1S/C10H14O2.C9H14BrN/c1-3-12-8-9-5-4-6-10(7-9)11-2;1-11(2)7-8-4-3-5-9(10)6-8/h4-7H,3,8H2,1-2H3;3,5-6,8H,4,7H2,1-2H3. The van der Waals surface area contributed by atoms with Crippen molar-refractivity contribution in [1.82, 2.24) is 4.90 Å². The lowest BCUT2D eigenvalue weighted by atomic mass is 10.0. The van der Waals surface area contributed by atoms with Gasteiger partial charge in [-0.05, 0) is 51.1 Å². The van der Waals surface area contributed by atoms with Crippen LogP contribution in [0.3, 0.4) is 0 Å². The molecule has 4 heteroatoms. The number of rotatable bonds is 6. The Labute approximate surface area is 149 Å². The minimum Gasteiger partial charge on any atom is -0.497 e. The molecule has 0 amide bonds. The van der Waals surface area contributed by atoms with Crippen LogP contribution < -0.4 is 4.74 Å². The van der Waals surface area contributed by atoms with Gasteiger partial charge in [0.15, 0.2) is 0 Å². The van der Waals surface area contributed by atoms with Crippen LogP contribution in [0.1, 0.15) is 18.9 Å². The quantitative estimate of drug-likeness (QED) is 0.716. The molecule has 0 fully saturated rings. The van der Waals surface area contributed by atoms with Crippen molar-refractivity contribution in [3.8, 4) is 5.75 Å². The number of hydrogen-bond acceptors (Lipinski definition) is 3. The second-order valence-corrected chi connectivity index (χ2v) is 6.62. The first kappa shape index (κ1) is 19.9. The predicted octanol–water partition coefficient (Wildman–Crippen LogP) is 4.63. The zero-order valence-electron chi connectivity index (χ0n) is 14.6. The average Bonchev–Trinajstić information content (AvgIpc) is 2.53. The zero-order valence-corrected chi connectivity index (χ0v) is 16.2. The van der Waals surface area contributed by atoms with Gasteiger partial charge in [-0.25, -0.2) is 0 Å². The summed E-state index contributed by atoms with van der Waals surface area (Å²) in [6.07, 6.45) is 7.79. The molecule has 0 aromatic heterocycles. The SMILES string of the molecule is CCOCc1cccc(OC)c1.CN(C)CC1C=C(Br)C=CC1. The molecular formula is C19H28BrNO2. The minimum absolute atomic E-state index is 0.660. The molecule has 128 valence electrons. The summed E-state index contributed by atoms with van der Waals surface area (Å²) in [5, 5.41) is 0. The Hall–Kier alpha value is -1.10. The van der Waals surface area contributed by atoms with Gasteiger partial charge in [0.05, 0.1) is 13.7 Å². The van der Waals surface area contributed by atoms with Crippen LogP contribution >= 0.6 is 15.9 Å². The monoisotopic (exact) mass is 381 g/mol. The summed E-state index contributed by atoms with van der Waals surface area (Å²) in [5.41, 5.74) is 1.15. The lowest BCUT2D eigenvalue weighted by Gasteiger charge is -2.18. The highest BCUT2D eigenvalue weighted by molar-refractivity contribution is 9.11. The number of halogens is 1. The van der Waals surface area contributed by atoms with Gasteiger partial charge in [-0.1, -0.05) is 46.3 Å². The normalized spacial score (nSPS) is 16.6. The van der Waals surface area contributed by atoms with Gasteiger partial charge in [-0.15, -0.1) is 0 Å². The van der Waals surface area contributed by atoms with Gasteiger partial charge in [0.2, 0.25) is 0 Å². The van der Waals surface area contributed by atoms with Crippen molar-refractivity contribution >= 4 is 15.9 Å². The molecule has 1 unspecified atom stereocenters. The lowest BCUT2D eigenvalue weighted by Crippen LogP contribution is -2.20. The third-order valence-corrected chi connectivity index (χ3v) is 3.85. The van der Waals surface area contributed by atoms with Gasteiger partial charge in [-0.3, -0.25) is 0 Å². The molecule has 1 aromatic carbocycles. The van der Waals surface area contributed by atoms with Gasteiger partial charge in [-0.2, -0.15) is 0 Å². The molecule has 0 aliphatic heterocycles. The summed E-state index contributed by atoms with van der Waals surface area (Å²) < 4.78 is 11.6. The first-order chi connectivity index (χ1) is 11.0. The average molecular weight is 382 g/mol. The van der Waals surface area contributed by atoms with Crippen LogP contribution in [0.2, 0.25) is 0 Å². The molecule has 0 saturated carbocycles. The highest BCUT2D eigenvalue weighted by Gasteiger charge is 2.08. The highest BCUT2D eigenvalue weighted by Crippen LogP contribution is 2.20. The molecule has 1 aliphatic carbocycles. The van der Waals surface area contributed by atoms with E-state index in [1.165, 1.54) is 10.9 Å². The molecule has 1 atom stereocenters. The molecule has 0 heterocycles.